The van der Waals surface area contributed by atoms with Gasteiger partial charge in [0.25, 0.3) is 0 Å². The summed E-state index contributed by atoms with van der Waals surface area (Å²) in [6, 6.07) is 0. The molecule has 0 unspecified atom stereocenters. The first-order chi connectivity index (χ1) is 15.9. The highest BCUT2D eigenvalue weighted by atomic mass is 19.4. The Labute approximate surface area is 193 Å². The average Bonchev–Trinajstić information content (AvgIpc) is 2.65. The molecule has 0 aromatic heterocycles. The number of alkyl halides is 9. The van der Waals surface area contributed by atoms with Crippen molar-refractivity contribution in [1.29, 1.82) is 0 Å². The van der Waals surface area contributed by atoms with Crippen LogP contribution in [0.2, 0.25) is 0 Å². The summed E-state index contributed by atoms with van der Waals surface area (Å²) in [5.74, 6) is -1.90. The number of carboxylic acid groups (broad SMARTS) is 2. The van der Waals surface area contributed by atoms with E-state index in [1.54, 1.807) is 0 Å². The van der Waals surface area contributed by atoms with E-state index >= 15 is 0 Å². The third-order valence-corrected chi connectivity index (χ3v) is 3.53. The lowest BCUT2D eigenvalue weighted by molar-refractivity contribution is -0.457. The molecule has 0 rings (SSSR count). The first-order valence-corrected chi connectivity index (χ1v) is 9.65. The lowest BCUT2D eigenvalue weighted by Crippen LogP contribution is -2.68. The van der Waals surface area contributed by atoms with Crippen molar-refractivity contribution in [2.24, 2.45) is 5.73 Å². The normalized spacial score (nSPS) is 12.7. The second-order valence-electron chi connectivity index (χ2n) is 6.29. The standard InChI is InChI=1S/C12H18F9NO4.C5H8O4/c13-10(14,15)9(11(16,17)18,12(19,20)21)26-8-7-25-6-5-24-4-3-23-2-1-22;6-4(7)2-1-3-5(8)9/h1-8,22H2;1-3H2,(H,6,7)(H,8,9). The number of carbonyl (C=O) groups is 2. The van der Waals surface area contributed by atoms with Crippen molar-refractivity contribution in [2.45, 2.75) is 43.4 Å². The third kappa shape index (κ3) is 14.3. The molecule has 0 aromatic rings. The number of hydrogen-bond acceptors (Lipinski definition) is 7. The molecular formula is C17H26F9NO8. The number of carboxylic acids is 2. The van der Waals surface area contributed by atoms with Gasteiger partial charge in [0.2, 0.25) is 0 Å². The number of aliphatic carboxylic acids is 2. The van der Waals surface area contributed by atoms with Crippen molar-refractivity contribution < 1.29 is 78.3 Å². The summed E-state index contributed by atoms with van der Waals surface area (Å²) in [7, 11) is 0. The van der Waals surface area contributed by atoms with E-state index in [1.807, 2.05) is 0 Å². The molecule has 0 bridgehead atoms. The second kappa shape index (κ2) is 16.7. The molecule has 0 heterocycles. The van der Waals surface area contributed by atoms with E-state index in [2.05, 4.69) is 9.47 Å². The van der Waals surface area contributed by atoms with Crippen LogP contribution in [0.15, 0.2) is 0 Å². The Bertz CT molecular complexity index is 548. The zero-order chi connectivity index (χ0) is 27.8. The summed E-state index contributed by atoms with van der Waals surface area (Å²) in [6.07, 6.45) is -20.2. The Hall–Kier alpha value is -1.89. The van der Waals surface area contributed by atoms with Crippen LogP contribution in [0.4, 0.5) is 39.5 Å². The van der Waals surface area contributed by atoms with E-state index in [0.29, 0.717) is 13.2 Å². The van der Waals surface area contributed by atoms with E-state index in [0.717, 1.165) is 0 Å². The number of nitrogens with two attached hydrogens (primary N) is 1. The molecule has 0 atom stereocenters. The maximum atomic E-state index is 12.5. The maximum absolute atomic E-state index is 12.5. The fourth-order valence-corrected chi connectivity index (χ4v) is 2.00. The monoisotopic (exact) mass is 543 g/mol. The number of halogens is 9. The molecule has 0 radical (unpaired) electrons. The molecule has 210 valence electrons. The highest BCUT2D eigenvalue weighted by Gasteiger charge is 2.85. The highest BCUT2D eigenvalue weighted by Crippen LogP contribution is 2.54. The smallest absolute Gasteiger partial charge is 0.435 e. The molecule has 4 N–H and O–H groups in total. The van der Waals surface area contributed by atoms with Gasteiger partial charge in [-0.2, -0.15) is 39.5 Å². The van der Waals surface area contributed by atoms with Crippen molar-refractivity contribution in [3.63, 3.8) is 0 Å². The zero-order valence-corrected chi connectivity index (χ0v) is 18.1. The van der Waals surface area contributed by atoms with Crippen molar-refractivity contribution in [3.8, 4) is 0 Å². The van der Waals surface area contributed by atoms with Gasteiger partial charge in [-0.3, -0.25) is 9.59 Å². The van der Waals surface area contributed by atoms with E-state index in [1.165, 1.54) is 0 Å². The summed E-state index contributed by atoms with van der Waals surface area (Å²) in [5.41, 5.74) is -1.14. The van der Waals surface area contributed by atoms with Crippen LogP contribution in [-0.2, 0) is 28.5 Å². The first kappa shape index (κ1) is 35.3. The highest BCUT2D eigenvalue weighted by molar-refractivity contribution is 5.69. The summed E-state index contributed by atoms with van der Waals surface area (Å²) in [6.45, 7) is -1.97. The van der Waals surface area contributed by atoms with Crippen LogP contribution in [0.1, 0.15) is 19.3 Å². The van der Waals surface area contributed by atoms with Gasteiger partial charge in [-0.15, -0.1) is 0 Å². The average molecular weight is 543 g/mol. The topological polar surface area (TPSA) is 138 Å². The first-order valence-electron chi connectivity index (χ1n) is 9.65. The second-order valence-corrected chi connectivity index (χ2v) is 6.29. The lowest BCUT2D eigenvalue weighted by Gasteiger charge is -2.37. The predicted molar refractivity (Wildman–Crippen MR) is 97.5 cm³/mol. The van der Waals surface area contributed by atoms with Crippen LogP contribution in [0.25, 0.3) is 0 Å². The molecule has 0 aliphatic carbocycles. The van der Waals surface area contributed by atoms with Crippen LogP contribution >= 0.6 is 0 Å². The van der Waals surface area contributed by atoms with Gasteiger partial charge in [0.15, 0.2) is 0 Å². The van der Waals surface area contributed by atoms with Gasteiger partial charge in [0.1, 0.15) is 0 Å². The predicted octanol–water partition coefficient (Wildman–Crippen LogP) is 2.76. The summed E-state index contributed by atoms with van der Waals surface area (Å²) < 4.78 is 130. The van der Waals surface area contributed by atoms with Crippen molar-refractivity contribution in [2.75, 3.05) is 52.8 Å². The summed E-state index contributed by atoms with van der Waals surface area (Å²) >= 11 is 0. The van der Waals surface area contributed by atoms with E-state index in [9.17, 15) is 49.1 Å². The largest absolute Gasteiger partial charge is 0.481 e. The molecule has 0 aliphatic rings. The molecule has 0 spiro atoms. The lowest BCUT2D eigenvalue weighted by atomic mass is 10.0. The van der Waals surface area contributed by atoms with Gasteiger partial charge in [0.05, 0.1) is 46.2 Å². The number of rotatable bonds is 16. The molecule has 0 fully saturated rings. The Morgan fingerprint density at radius 2 is 0.914 bits per heavy atom. The van der Waals surface area contributed by atoms with Crippen LogP contribution in [-0.4, -0.2) is 99.1 Å². The minimum absolute atomic E-state index is 0.0632. The van der Waals surface area contributed by atoms with Crippen LogP contribution in [0.3, 0.4) is 0 Å². The maximum Gasteiger partial charge on any atom is 0.435 e. The molecule has 0 amide bonds. The molecule has 18 heteroatoms. The van der Waals surface area contributed by atoms with Crippen molar-refractivity contribution >= 4 is 11.9 Å². The SMILES string of the molecule is NCCOCCOCCOCCOC(C(F)(F)F)(C(F)(F)F)C(F)(F)F.O=C(O)CCCC(=O)O. The van der Waals surface area contributed by atoms with Gasteiger partial charge < -0.3 is 34.9 Å². The molecule has 9 nitrogen and oxygen atoms in total. The molecule has 0 aromatic carbocycles. The van der Waals surface area contributed by atoms with Crippen LogP contribution in [0, 0.1) is 0 Å². The van der Waals surface area contributed by atoms with E-state index in [4.69, 9.17) is 25.4 Å². The fraction of sp³-hybridized carbons (Fsp3) is 0.882. The van der Waals surface area contributed by atoms with Gasteiger partial charge >= 0.3 is 36.1 Å². The number of hydrogen-bond donors (Lipinski definition) is 3. The Morgan fingerprint density at radius 3 is 1.20 bits per heavy atom. The zero-order valence-electron chi connectivity index (χ0n) is 18.1. The van der Waals surface area contributed by atoms with Crippen LogP contribution in [0.5, 0.6) is 0 Å². The molecule has 0 aliphatic heterocycles. The number of ether oxygens (including phenoxy) is 4. The minimum Gasteiger partial charge on any atom is -0.481 e. The molecule has 35 heavy (non-hydrogen) atoms. The summed E-state index contributed by atoms with van der Waals surface area (Å²) in [4.78, 5) is 19.6. The summed E-state index contributed by atoms with van der Waals surface area (Å²) in [5, 5.41) is 16.1. The van der Waals surface area contributed by atoms with E-state index < -0.39 is 49.3 Å². The molecule has 0 saturated heterocycles. The van der Waals surface area contributed by atoms with Gasteiger partial charge in [-0.1, -0.05) is 0 Å². The molecule has 0 saturated carbocycles. The van der Waals surface area contributed by atoms with Crippen molar-refractivity contribution in [1.82, 2.24) is 0 Å². The minimum atomic E-state index is -6.75. The van der Waals surface area contributed by atoms with Gasteiger partial charge in [-0.25, -0.2) is 0 Å². The Kier molecular flexibility index (Phi) is 16.9. The van der Waals surface area contributed by atoms with Crippen LogP contribution < -0.4 is 5.73 Å². The van der Waals surface area contributed by atoms with Gasteiger partial charge in [-0.05, 0) is 6.42 Å². The molecular weight excluding hydrogens is 517 g/mol. The Morgan fingerprint density at radius 1 is 0.600 bits per heavy atom. The van der Waals surface area contributed by atoms with Crippen molar-refractivity contribution in [3.05, 3.63) is 0 Å². The third-order valence-electron chi connectivity index (χ3n) is 3.53. The quantitative estimate of drug-likeness (QED) is 0.198. The van der Waals surface area contributed by atoms with Gasteiger partial charge in [0, 0.05) is 19.4 Å². The van der Waals surface area contributed by atoms with E-state index in [-0.39, 0.29) is 45.7 Å². The Balaban J connectivity index is 0. The fourth-order valence-electron chi connectivity index (χ4n) is 2.00.